The minimum Gasteiger partial charge on any atom is -0.368 e. The van der Waals surface area contributed by atoms with Crippen LogP contribution in [-0.4, -0.2) is 48.0 Å². The van der Waals surface area contributed by atoms with E-state index in [0.29, 0.717) is 38.3 Å². The molecule has 0 radical (unpaired) electrons. The Morgan fingerprint density at radius 1 is 1.00 bits per heavy atom. The highest BCUT2D eigenvalue weighted by Gasteiger charge is 2.17. The minimum atomic E-state index is -0.0601. The number of nitrogens with two attached hydrogens (primary N) is 1. The zero-order valence-corrected chi connectivity index (χ0v) is 16.5. The highest BCUT2D eigenvalue weighted by atomic mass is 16.2. The highest BCUT2D eigenvalue weighted by Crippen LogP contribution is 2.24. The number of nitrogen functional groups attached to an aromatic ring is 1. The van der Waals surface area contributed by atoms with Crippen molar-refractivity contribution in [2.24, 2.45) is 0 Å². The monoisotopic (exact) mass is 396 g/mol. The van der Waals surface area contributed by atoms with Crippen LogP contribution in [0, 0.1) is 0 Å². The predicted molar refractivity (Wildman–Crippen MR) is 112 cm³/mol. The van der Waals surface area contributed by atoms with Crippen molar-refractivity contribution in [1.29, 1.82) is 0 Å². The normalized spacial score (nSPS) is 19.7. The van der Waals surface area contributed by atoms with Crippen LogP contribution in [0.5, 0.6) is 0 Å². The van der Waals surface area contributed by atoms with E-state index < -0.39 is 0 Å². The molecule has 8 nitrogen and oxygen atoms in total. The first-order valence-electron chi connectivity index (χ1n) is 10.0. The summed E-state index contributed by atoms with van der Waals surface area (Å²) >= 11 is 0. The summed E-state index contributed by atoms with van der Waals surface area (Å²) in [6.07, 6.45) is 4.29. The molecule has 0 saturated carbocycles. The second kappa shape index (κ2) is 10.4. The molecule has 2 amide bonds. The van der Waals surface area contributed by atoms with E-state index in [1.807, 2.05) is 23.1 Å². The van der Waals surface area contributed by atoms with E-state index in [2.05, 4.69) is 32.7 Å². The first-order valence-corrected chi connectivity index (χ1v) is 10.0. The maximum atomic E-state index is 12.5. The fourth-order valence-corrected chi connectivity index (χ4v) is 3.52. The van der Waals surface area contributed by atoms with Crippen molar-refractivity contribution in [3.8, 4) is 0 Å². The summed E-state index contributed by atoms with van der Waals surface area (Å²) in [5.74, 6) is 0.998. The van der Waals surface area contributed by atoms with Crippen LogP contribution in [0.3, 0.4) is 0 Å². The van der Waals surface area contributed by atoms with E-state index in [9.17, 15) is 9.59 Å². The van der Waals surface area contributed by atoms with Crippen molar-refractivity contribution in [3.05, 3.63) is 48.2 Å². The van der Waals surface area contributed by atoms with Crippen molar-refractivity contribution in [2.45, 2.75) is 31.6 Å². The van der Waals surface area contributed by atoms with E-state index in [1.54, 1.807) is 12.3 Å². The molecule has 29 heavy (non-hydrogen) atoms. The molecule has 1 aromatic heterocycles. The van der Waals surface area contributed by atoms with Crippen LogP contribution in [0.2, 0.25) is 0 Å². The standard InChI is InChI=1S/C21H28N6O2/c22-21-25-13-10-18(26-21)27-14-4-11-23-19(28)8-7-17(9-12-24-20(29)15-27)16-5-2-1-3-6-16/h1-3,5-6,10,13,17H,4,7-9,11-12,14-15H2,(H,23,28)(H,24,29)(H2,22,25,26). The number of anilines is 2. The number of aromatic nitrogens is 2. The van der Waals surface area contributed by atoms with Gasteiger partial charge < -0.3 is 21.3 Å². The van der Waals surface area contributed by atoms with Crippen molar-refractivity contribution in [1.82, 2.24) is 20.6 Å². The molecule has 1 unspecified atom stereocenters. The quantitative estimate of drug-likeness (QED) is 0.708. The lowest BCUT2D eigenvalue weighted by Crippen LogP contribution is -2.40. The molecule has 1 aliphatic rings. The maximum absolute atomic E-state index is 12.5. The summed E-state index contributed by atoms with van der Waals surface area (Å²) in [6, 6.07) is 11.9. The molecule has 1 saturated heterocycles. The van der Waals surface area contributed by atoms with E-state index in [-0.39, 0.29) is 30.2 Å². The smallest absolute Gasteiger partial charge is 0.239 e. The Morgan fingerprint density at radius 2 is 1.79 bits per heavy atom. The predicted octanol–water partition coefficient (Wildman–Crippen LogP) is 1.46. The number of benzene rings is 1. The molecule has 154 valence electrons. The number of nitrogens with zero attached hydrogens (tertiary/aromatic N) is 3. The lowest BCUT2D eigenvalue weighted by atomic mass is 9.91. The van der Waals surface area contributed by atoms with Crippen molar-refractivity contribution in [3.63, 3.8) is 0 Å². The lowest BCUT2D eigenvalue weighted by Gasteiger charge is -2.24. The molecule has 0 spiro atoms. The largest absolute Gasteiger partial charge is 0.368 e. The molecular weight excluding hydrogens is 368 g/mol. The van der Waals surface area contributed by atoms with Gasteiger partial charge in [-0.3, -0.25) is 9.59 Å². The van der Waals surface area contributed by atoms with Gasteiger partial charge >= 0.3 is 0 Å². The number of carbonyl (C=O) groups is 2. The van der Waals surface area contributed by atoms with Gasteiger partial charge in [0, 0.05) is 32.3 Å². The molecular formula is C21H28N6O2. The highest BCUT2D eigenvalue weighted by molar-refractivity contribution is 5.81. The summed E-state index contributed by atoms with van der Waals surface area (Å²) in [5.41, 5.74) is 6.89. The summed E-state index contributed by atoms with van der Waals surface area (Å²) < 4.78 is 0. The van der Waals surface area contributed by atoms with Gasteiger partial charge in [0.1, 0.15) is 5.82 Å². The third-order valence-corrected chi connectivity index (χ3v) is 5.05. The van der Waals surface area contributed by atoms with Crippen molar-refractivity contribution in [2.75, 3.05) is 36.8 Å². The van der Waals surface area contributed by atoms with Crippen LogP contribution in [0.25, 0.3) is 0 Å². The summed E-state index contributed by atoms with van der Waals surface area (Å²) in [7, 11) is 0. The van der Waals surface area contributed by atoms with Gasteiger partial charge in [0.2, 0.25) is 17.8 Å². The average molecular weight is 396 g/mol. The number of nitrogens with one attached hydrogen (secondary N) is 2. The Bertz CT molecular complexity index is 814. The van der Waals surface area contributed by atoms with E-state index in [4.69, 9.17) is 5.73 Å². The van der Waals surface area contributed by atoms with Gasteiger partial charge in [-0.1, -0.05) is 30.3 Å². The van der Waals surface area contributed by atoms with Crippen LogP contribution in [-0.2, 0) is 9.59 Å². The molecule has 0 bridgehead atoms. The Labute approximate surface area is 170 Å². The molecule has 1 aliphatic heterocycles. The SMILES string of the molecule is Nc1nccc(N2CCCNC(=O)CCC(c3ccccc3)CCNC(=O)C2)n1. The van der Waals surface area contributed by atoms with Crippen molar-refractivity contribution >= 4 is 23.6 Å². The first kappa shape index (κ1) is 20.6. The zero-order chi connectivity index (χ0) is 20.5. The van der Waals surface area contributed by atoms with Crippen LogP contribution in [0.15, 0.2) is 42.6 Å². The van der Waals surface area contributed by atoms with E-state index in [1.165, 1.54) is 5.56 Å². The molecule has 0 aliphatic carbocycles. The number of amides is 2. The molecule has 2 heterocycles. The van der Waals surface area contributed by atoms with Crippen LogP contribution < -0.4 is 21.3 Å². The topological polar surface area (TPSA) is 113 Å². The second-order valence-electron chi connectivity index (χ2n) is 7.18. The van der Waals surface area contributed by atoms with Gasteiger partial charge in [0.15, 0.2) is 0 Å². The third kappa shape index (κ3) is 6.44. The van der Waals surface area contributed by atoms with Crippen LogP contribution >= 0.6 is 0 Å². The molecule has 8 heteroatoms. The molecule has 3 rings (SSSR count). The first-order chi connectivity index (χ1) is 14.1. The number of hydrogen-bond acceptors (Lipinski definition) is 6. The molecule has 1 aromatic carbocycles. The fourth-order valence-electron chi connectivity index (χ4n) is 3.52. The summed E-state index contributed by atoms with van der Waals surface area (Å²) in [4.78, 5) is 34.8. The molecule has 1 fully saturated rings. The van der Waals surface area contributed by atoms with Gasteiger partial charge in [-0.2, -0.15) is 4.98 Å². The third-order valence-electron chi connectivity index (χ3n) is 5.05. The van der Waals surface area contributed by atoms with Crippen LogP contribution in [0.1, 0.15) is 37.2 Å². The van der Waals surface area contributed by atoms with E-state index >= 15 is 0 Å². The maximum Gasteiger partial charge on any atom is 0.239 e. The number of hydrogen-bond donors (Lipinski definition) is 3. The number of carbonyl (C=O) groups excluding carboxylic acids is 2. The van der Waals surface area contributed by atoms with Gasteiger partial charge in [-0.15, -0.1) is 0 Å². The van der Waals surface area contributed by atoms with Gasteiger partial charge in [-0.05, 0) is 36.8 Å². The fraction of sp³-hybridized carbons (Fsp3) is 0.429. The molecule has 2 aromatic rings. The number of rotatable bonds is 2. The van der Waals surface area contributed by atoms with Crippen molar-refractivity contribution < 1.29 is 9.59 Å². The van der Waals surface area contributed by atoms with Crippen LogP contribution in [0.4, 0.5) is 11.8 Å². The van der Waals surface area contributed by atoms with E-state index in [0.717, 1.165) is 12.8 Å². The average Bonchev–Trinajstić information content (AvgIpc) is 2.73. The molecule has 1 atom stereocenters. The Balaban J connectivity index is 1.69. The van der Waals surface area contributed by atoms with Gasteiger partial charge in [-0.25, -0.2) is 4.98 Å². The lowest BCUT2D eigenvalue weighted by molar-refractivity contribution is -0.122. The molecule has 4 N–H and O–H groups in total. The Hall–Kier alpha value is -3.16. The van der Waals surface area contributed by atoms with Gasteiger partial charge in [0.25, 0.3) is 0 Å². The second-order valence-corrected chi connectivity index (χ2v) is 7.18. The van der Waals surface area contributed by atoms with Gasteiger partial charge in [0.05, 0.1) is 6.54 Å². The zero-order valence-electron chi connectivity index (χ0n) is 16.5. The summed E-state index contributed by atoms with van der Waals surface area (Å²) in [5, 5.41) is 5.99. The Kier molecular flexibility index (Phi) is 7.38. The summed E-state index contributed by atoms with van der Waals surface area (Å²) in [6.45, 7) is 1.87. The Morgan fingerprint density at radius 3 is 2.59 bits per heavy atom. The minimum absolute atomic E-state index is 0.0601.